The number of ether oxygens (including phenoxy) is 1. The minimum absolute atomic E-state index is 0.288. The molecule has 1 unspecified atom stereocenters. The summed E-state index contributed by atoms with van der Waals surface area (Å²) < 4.78 is 5.40. The standard InChI is InChI=1S/C17H19ClN2O/c1-21-16-9-3-7-14(18)13(16)11-20-15-8-2-5-12-6-4-10-19-17(12)15/h3-4,6-7,9-10,15,20H,2,5,8,11H2,1H3. The zero-order valence-corrected chi connectivity index (χ0v) is 12.9. The molecule has 3 nitrogen and oxygen atoms in total. The molecule has 3 rings (SSSR count). The summed E-state index contributed by atoms with van der Waals surface area (Å²) in [6.45, 7) is 0.684. The third-order valence-corrected chi connectivity index (χ3v) is 4.37. The van der Waals surface area contributed by atoms with E-state index in [0.717, 1.165) is 29.2 Å². The van der Waals surface area contributed by atoms with Gasteiger partial charge in [0.2, 0.25) is 0 Å². The summed E-state index contributed by atoms with van der Waals surface area (Å²) >= 11 is 6.29. The largest absolute Gasteiger partial charge is 0.496 e. The van der Waals surface area contributed by atoms with Crippen LogP contribution in [0.4, 0.5) is 0 Å². The summed E-state index contributed by atoms with van der Waals surface area (Å²) in [7, 11) is 1.67. The number of nitrogens with one attached hydrogen (secondary N) is 1. The van der Waals surface area contributed by atoms with Gasteiger partial charge in [-0.3, -0.25) is 4.98 Å². The topological polar surface area (TPSA) is 34.1 Å². The Hall–Kier alpha value is -1.58. The molecule has 0 aliphatic heterocycles. The third kappa shape index (κ3) is 3.04. The van der Waals surface area contributed by atoms with Crippen LogP contribution in [0.25, 0.3) is 0 Å². The lowest BCUT2D eigenvalue weighted by Gasteiger charge is -2.25. The van der Waals surface area contributed by atoms with E-state index < -0.39 is 0 Å². The number of methoxy groups -OCH3 is 1. The number of aryl methyl sites for hydroxylation is 1. The summed E-state index contributed by atoms with van der Waals surface area (Å²) in [6.07, 6.45) is 5.29. The van der Waals surface area contributed by atoms with Crippen molar-refractivity contribution in [1.82, 2.24) is 10.3 Å². The van der Waals surface area contributed by atoms with E-state index in [2.05, 4.69) is 16.4 Å². The van der Waals surface area contributed by atoms with Gasteiger partial charge in [-0.1, -0.05) is 23.7 Å². The van der Waals surface area contributed by atoms with Crippen LogP contribution >= 0.6 is 11.6 Å². The van der Waals surface area contributed by atoms with Crippen molar-refractivity contribution in [2.45, 2.75) is 31.8 Å². The molecule has 0 radical (unpaired) electrons. The van der Waals surface area contributed by atoms with E-state index in [0.29, 0.717) is 6.54 Å². The molecule has 1 N–H and O–H groups in total. The molecule has 0 fully saturated rings. The molecule has 1 atom stereocenters. The van der Waals surface area contributed by atoms with E-state index in [-0.39, 0.29) is 6.04 Å². The maximum atomic E-state index is 6.29. The number of fused-ring (bicyclic) bond motifs is 1. The van der Waals surface area contributed by atoms with Crippen molar-refractivity contribution >= 4 is 11.6 Å². The van der Waals surface area contributed by atoms with E-state index >= 15 is 0 Å². The fourth-order valence-electron chi connectivity index (χ4n) is 2.94. The Morgan fingerprint density at radius 3 is 3.10 bits per heavy atom. The first-order chi connectivity index (χ1) is 10.3. The fraction of sp³-hybridized carbons (Fsp3) is 0.353. The van der Waals surface area contributed by atoms with Gasteiger partial charge in [-0.2, -0.15) is 0 Å². The lowest BCUT2D eigenvalue weighted by Crippen LogP contribution is -2.26. The maximum absolute atomic E-state index is 6.29. The second-order valence-corrected chi connectivity index (χ2v) is 5.70. The molecule has 1 aromatic carbocycles. The van der Waals surface area contributed by atoms with Crippen molar-refractivity contribution in [1.29, 1.82) is 0 Å². The van der Waals surface area contributed by atoms with Gasteiger partial charge in [0.05, 0.1) is 18.8 Å². The second-order valence-electron chi connectivity index (χ2n) is 5.29. The molecule has 1 aliphatic carbocycles. The molecule has 1 heterocycles. The molecule has 1 aliphatic rings. The van der Waals surface area contributed by atoms with Gasteiger partial charge in [-0.15, -0.1) is 0 Å². The van der Waals surface area contributed by atoms with E-state index in [9.17, 15) is 0 Å². The first-order valence-corrected chi connectivity index (χ1v) is 7.66. The van der Waals surface area contributed by atoms with Crippen LogP contribution in [0, 0.1) is 0 Å². The van der Waals surface area contributed by atoms with E-state index in [4.69, 9.17) is 16.3 Å². The minimum atomic E-state index is 0.288. The zero-order valence-electron chi connectivity index (χ0n) is 12.1. The van der Waals surface area contributed by atoms with E-state index in [1.807, 2.05) is 30.5 Å². The minimum Gasteiger partial charge on any atom is -0.496 e. The van der Waals surface area contributed by atoms with Gasteiger partial charge in [0, 0.05) is 23.3 Å². The molecule has 110 valence electrons. The summed E-state index contributed by atoms with van der Waals surface area (Å²) in [5, 5.41) is 4.32. The van der Waals surface area contributed by atoms with Crippen LogP contribution in [0.1, 0.15) is 35.7 Å². The van der Waals surface area contributed by atoms with Crippen LogP contribution in [0.5, 0.6) is 5.75 Å². The Morgan fingerprint density at radius 2 is 2.24 bits per heavy atom. The number of aromatic nitrogens is 1. The van der Waals surface area contributed by atoms with Crippen LogP contribution in [-0.2, 0) is 13.0 Å². The first kappa shape index (κ1) is 14.4. The number of pyridine rings is 1. The van der Waals surface area contributed by atoms with E-state index in [1.165, 1.54) is 17.7 Å². The molecule has 0 spiro atoms. The van der Waals surface area contributed by atoms with Gasteiger partial charge in [0.15, 0.2) is 0 Å². The highest BCUT2D eigenvalue weighted by atomic mass is 35.5. The summed E-state index contributed by atoms with van der Waals surface area (Å²) in [6, 6.07) is 10.2. The summed E-state index contributed by atoms with van der Waals surface area (Å²) in [5.74, 6) is 0.826. The van der Waals surface area contributed by atoms with Crippen molar-refractivity contribution in [2.75, 3.05) is 7.11 Å². The van der Waals surface area contributed by atoms with Gasteiger partial charge in [0.25, 0.3) is 0 Å². The molecule has 0 amide bonds. The third-order valence-electron chi connectivity index (χ3n) is 4.02. The highest BCUT2D eigenvalue weighted by Gasteiger charge is 2.21. The summed E-state index contributed by atoms with van der Waals surface area (Å²) in [4.78, 5) is 4.55. The zero-order chi connectivity index (χ0) is 14.7. The Labute approximate surface area is 130 Å². The molecule has 0 saturated carbocycles. The van der Waals surface area contributed by atoms with Gasteiger partial charge >= 0.3 is 0 Å². The van der Waals surface area contributed by atoms with Gasteiger partial charge in [-0.05, 0) is 43.0 Å². The molecule has 0 bridgehead atoms. The molecule has 1 aromatic heterocycles. The SMILES string of the molecule is COc1cccc(Cl)c1CNC1CCCc2cccnc21. The first-order valence-electron chi connectivity index (χ1n) is 7.28. The lowest BCUT2D eigenvalue weighted by atomic mass is 9.92. The molecule has 21 heavy (non-hydrogen) atoms. The van der Waals surface area contributed by atoms with Crippen molar-refractivity contribution < 1.29 is 4.74 Å². The quantitative estimate of drug-likeness (QED) is 0.930. The summed E-state index contributed by atoms with van der Waals surface area (Å²) in [5.41, 5.74) is 3.53. The second kappa shape index (κ2) is 6.46. The highest BCUT2D eigenvalue weighted by Crippen LogP contribution is 2.30. The molecule has 4 heteroatoms. The number of nitrogens with zero attached hydrogens (tertiary/aromatic N) is 1. The van der Waals surface area contributed by atoms with Crippen LogP contribution in [-0.4, -0.2) is 12.1 Å². The lowest BCUT2D eigenvalue weighted by molar-refractivity contribution is 0.400. The van der Waals surface area contributed by atoms with Crippen molar-refractivity contribution in [3.63, 3.8) is 0 Å². The number of hydrogen-bond acceptors (Lipinski definition) is 3. The normalized spacial score (nSPS) is 17.3. The van der Waals surface area contributed by atoms with Crippen LogP contribution in [0.3, 0.4) is 0 Å². The van der Waals surface area contributed by atoms with Crippen molar-refractivity contribution in [2.24, 2.45) is 0 Å². The number of rotatable bonds is 4. The average molecular weight is 303 g/mol. The van der Waals surface area contributed by atoms with Crippen LogP contribution in [0.2, 0.25) is 5.02 Å². The Bertz CT molecular complexity index is 630. The molecular formula is C17H19ClN2O. The predicted molar refractivity (Wildman–Crippen MR) is 84.8 cm³/mol. The monoisotopic (exact) mass is 302 g/mol. The van der Waals surface area contributed by atoms with Crippen molar-refractivity contribution in [3.8, 4) is 5.75 Å². The highest BCUT2D eigenvalue weighted by molar-refractivity contribution is 6.31. The van der Waals surface area contributed by atoms with Crippen LogP contribution < -0.4 is 10.1 Å². The Balaban J connectivity index is 1.78. The Kier molecular flexibility index (Phi) is 4.42. The average Bonchev–Trinajstić information content (AvgIpc) is 2.53. The van der Waals surface area contributed by atoms with Gasteiger partial charge in [-0.25, -0.2) is 0 Å². The van der Waals surface area contributed by atoms with E-state index in [1.54, 1.807) is 7.11 Å². The maximum Gasteiger partial charge on any atom is 0.124 e. The number of hydrogen-bond donors (Lipinski definition) is 1. The molecule has 2 aromatic rings. The number of benzene rings is 1. The number of halogens is 1. The smallest absolute Gasteiger partial charge is 0.124 e. The molecule has 0 saturated heterocycles. The van der Waals surface area contributed by atoms with Crippen LogP contribution in [0.15, 0.2) is 36.5 Å². The van der Waals surface area contributed by atoms with Gasteiger partial charge in [0.1, 0.15) is 5.75 Å². The van der Waals surface area contributed by atoms with Crippen molar-refractivity contribution in [3.05, 3.63) is 58.4 Å². The Morgan fingerprint density at radius 1 is 1.33 bits per heavy atom. The fourth-order valence-corrected chi connectivity index (χ4v) is 3.17. The van der Waals surface area contributed by atoms with Gasteiger partial charge < -0.3 is 10.1 Å². The predicted octanol–water partition coefficient (Wildman–Crippen LogP) is 3.91. The molecular weight excluding hydrogens is 284 g/mol.